The van der Waals surface area contributed by atoms with Crippen LogP contribution in [0.25, 0.3) is 6.08 Å². The van der Waals surface area contributed by atoms with Crippen molar-refractivity contribution in [1.82, 2.24) is 4.98 Å². The molecule has 16 heavy (non-hydrogen) atoms. The molecule has 1 heterocycles. The van der Waals surface area contributed by atoms with Crippen LogP contribution in [-0.4, -0.2) is 4.98 Å². The van der Waals surface area contributed by atoms with Gasteiger partial charge in [0, 0.05) is 12.4 Å². The van der Waals surface area contributed by atoms with Crippen LogP contribution in [0.3, 0.4) is 0 Å². The summed E-state index contributed by atoms with van der Waals surface area (Å²) in [7, 11) is 0. The minimum atomic E-state index is 0.678. The Labute approximate surface area is 99.6 Å². The summed E-state index contributed by atoms with van der Waals surface area (Å²) in [4.78, 5) is 4.10. The first-order chi connectivity index (χ1) is 7.83. The molecule has 0 N–H and O–H groups in total. The second kappa shape index (κ2) is 8.09. The van der Waals surface area contributed by atoms with Gasteiger partial charge < -0.3 is 0 Å². The van der Waals surface area contributed by atoms with E-state index in [4.69, 9.17) is 0 Å². The SMILES string of the molecule is CCCCCCC(C)/C=C/c1cccnc1. The molecule has 1 unspecified atom stereocenters. The normalized spacial score (nSPS) is 13.1. The quantitative estimate of drug-likeness (QED) is 0.603. The first kappa shape index (κ1) is 13.0. The summed E-state index contributed by atoms with van der Waals surface area (Å²) >= 11 is 0. The smallest absolute Gasteiger partial charge is 0.0340 e. The lowest BCUT2D eigenvalue weighted by Gasteiger charge is -2.05. The summed E-state index contributed by atoms with van der Waals surface area (Å²) in [5.74, 6) is 0.678. The molecular weight excluding hydrogens is 194 g/mol. The van der Waals surface area contributed by atoms with Crippen LogP contribution in [0.5, 0.6) is 0 Å². The Balaban J connectivity index is 2.23. The predicted octanol–water partition coefficient (Wildman–Crippen LogP) is 4.70. The minimum Gasteiger partial charge on any atom is -0.264 e. The molecule has 0 bridgehead atoms. The zero-order chi connectivity index (χ0) is 11.6. The summed E-state index contributed by atoms with van der Waals surface area (Å²) in [6.07, 6.45) is 14.9. The van der Waals surface area contributed by atoms with Gasteiger partial charge in [-0.25, -0.2) is 0 Å². The molecule has 0 spiro atoms. The highest BCUT2D eigenvalue weighted by molar-refractivity contribution is 5.47. The Bertz CT molecular complexity index is 290. The summed E-state index contributed by atoms with van der Waals surface area (Å²) in [5, 5.41) is 0. The highest BCUT2D eigenvalue weighted by Crippen LogP contribution is 2.13. The van der Waals surface area contributed by atoms with Gasteiger partial charge in [-0.15, -0.1) is 0 Å². The minimum absolute atomic E-state index is 0.678. The number of unbranched alkanes of at least 4 members (excludes halogenated alkanes) is 3. The molecule has 0 amide bonds. The van der Waals surface area contributed by atoms with E-state index < -0.39 is 0 Å². The maximum Gasteiger partial charge on any atom is 0.0340 e. The molecule has 0 saturated heterocycles. The third kappa shape index (κ3) is 5.69. The third-order valence-electron chi connectivity index (χ3n) is 2.81. The van der Waals surface area contributed by atoms with Crippen molar-refractivity contribution in [2.75, 3.05) is 0 Å². The number of nitrogens with zero attached hydrogens (tertiary/aromatic N) is 1. The van der Waals surface area contributed by atoms with Crippen molar-refractivity contribution >= 4 is 6.08 Å². The van der Waals surface area contributed by atoms with Crippen molar-refractivity contribution < 1.29 is 0 Å². The first-order valence-electron chi connectivity index (χ1n) is 6.41. The highest BCUT2D eigenvalue weighted by Gasteiger charge is 1.96. The van der Waals surface area contributed by atoms with E-state index in [-0.39, 0.29) is 0 Å². The van der Waals surface area contributed by atoms with E-state index in [1.165, 1.54) is 37.7 Å². The molecule has 0 aliphatic heterocycles. The van der Waals surface area contributed by atoms with E-state index in [0.29, 0.717) is 5.92 Å². The first-order valence-corrected chi connectivity index (χ1v) is 6.41. The lowest BCUT2D eigenvalue weighted by Crippen LogP contribution is -1.89. The topological polar surface area (TPSA) is 12.9 Å². The Kier molecular flexibility index (Phi) is 6.55. The van der Waals surface area contributed by atoms with E-state index in [0.717, 1.165) is 0 Å². The zero-order valence-corrected chi connectivity index (χ0v) is 10.5. The fourth-order valence-electron chi connectivity index (χ4n) is 1.74. The largest absolute Gasteiger partial charge is 0.264 e. The average molecular weight is 217 g/mol. The molecule has 0 aliphatic carbocycles. The monoisotopic (exact) mass is 217 g/mol. The lowest BCUT2D eigenvalue weighted by atomic mass is 10.0. The van der Waals surface area contributed by atoms with Gasteiger partial charge in [0.1, 0.15) is 0 Å². The van der Waals surface area contributed by atoms with Crippen molar-refractivity contribution in [3.63, 3.8) is 0 Å². The molecule has 0 fully saturated rings. The Morgan fingerprint density at radius 1 is 1.31 bits per heavy atom. The lowest BCUT2D eigenvalue weighted by molar-refractivity contribution is 0.562. The van der Waals surface area contributed by atoms with Gasteiger partial charge in [0.15, 0.2) is 0 Å². The van der Waals surface area contributed by atoms with Crippen LogP contribution in [0.15, 0.2) is 30.6 Å². The molecular formula is C15H23N. The van der Waals surface area contributed by atoms with Gasteiger partial charge >= 0.3 is 0 Å². The Morgan fingerprint density at radius 3 is 2.88 bits per heavy atom. The maximum absolute atomic E-state index is 4.10. The standard InChI is InChI=1S/C15H23N/c1-3-4-5-6-8-14(2)10-11-15-9-7-12-16-13-15/h7,9-14H,3-6,8H2,1-2H3/b11-10+. The van der Waals surface area contributed by atoms with Crippen LogP contribution >= 0.6 is 0 Å². The molecule has 0 aromatic carbocycles. The summed E-state index contributed by atoms with van der Waals surface area (Å²) in [6, 6.07) is 4.07. The van der Waals surface area contributed by atoms with Crippen LogP contribution in [-0.2, 0) is 0 Å². The van der Waals surface area contributed by atoms with Gasteiger partial charge in [-0.05, 0) is 24.0 Å². The van der Waals surface area contributed by atoms with Crippen LogP contribution in [0, 0.1) is 5.92 Å². The fourth-order valence-corrected chi connectivity index (χ4v) is 1.74. The van der Waals surface area contributed by atoms with E-state index in [2.05, 4.69) is 37.0 Å². The fraction of sp³-hybridized carbons (Fsp3) is 0.533. The molecule has 0 radical (unpaired) electrons. The summed E-state index contributed by atoms with van der Waals surface area (Å²) in [6.45, 7) is 4.55. The molecule has 1 atom stereocenters. The zero-order valence-electron chi connectivity index (χ0n) is 10.5. The molecule has 1 aromatic heterocycles. The van der Waals surface area contributed by atoms with Crippen LogP contribution < -0.4 is 0 Å². The molecule has 0 aliphatic rings. The average Bonchev–Trinajstić information content (AvgIpc) is 2.33. The van der Waals surface area contributed by atoms with Crippen molar-refractivity contribution in [3.05, 3.63) is 36.2 Å². The van der Waals surface area contributed by atoms with E-state index in [1.807, 2.05) is 18.5 Å². The number of pyridine rings is 1. The number of aromatic nitrogens is 1. The Hall–Kier alpha value is -1.11. The van der Waals surface area contributed by atoms with Gasteiger partial charge in [0.05, 0.1) is 0 Å². The van der Waals surface area contributed by atoms with E-state index in [1.54, 1.807) is 0 Å². The molecule has 0 saturated carbocycles. The third-order valence-corrected chi connectivity index (χ3v) is 2.81. The van der Waals surface area contributed by atoms with Gasteiger partial charge in [-0.1, -0.05) is 57.7 Å². The van der Waals surface area contributed by atoms with Crippen molar-refractivity contribution in [2.45, 2.75) is 46.0 Å². The van der Waals surface area contributed by atoms with Crippen molar-refractivity contribution in [3.8, 4) is 0 Å². The van der Waals surface area contributed by atoms with Crippen LogP contribution in [0.4, 0.5) is 0 Å². The van der Waals surface area contributed by atoms with Gasteiger partial charge in [-0.2, -0.15) is 0 Å². The summed E-state index contributed by atoms with van der Waals surface area (Å²) < 4.78 is 0. The Morgan fingerprint density at radius 2 is 2.19 bits per heavy atom. The predicted molar refractivity (Wildman–Crippen MR) is 71.2 cm³/mol. The number of hydrogen-bond acceptors (Lipinski definition) is 1. The van der Waals surface area contributed by atoms with Crippen LogP contribution in [0.2, 0.25) is 0 Å². The maximum atomic E-state index is 4.10. The van der Waals surface area contributed by atoms with Gasteiger partial charge in [-0.3, -0.25) is 4.98 Å². The van der Waals surface area contributed by atoms with Crippen molar-refractivity contribution in [2.24, 2.45) is 5.92 Å². The number of hydrogen-bond donors (Lipinski definition) is 0. The van der Waals surface area contributed by atoms with E-state index in [9.17, 15) is 0 Å². The summed E-state index contributed by atoms with van der Waals surface area (Å²) in [5.41, 5.74) is 1.20. The molecule has 1 nitrogen and oxygen atoms in total. The van der Waals surface area contributed by atoms with Crippen molar-refractivity contribution in [1.29, 1.82) is 0 Å². The number of allylic oxidation sites excluding steroid dienone is 1. The van der Waals surface area contributed by atoms with Gasteiger partial charge in [0.2, 0.25) is 0 Å². The second-order valence-corrected chi connectivity index (χ2v) is 4.47. The van der Waals surface area contributed by atoms with Gasteiger partial charge in [0.25, 0.3) is 0 Å². The second-order valence-electron chi connectivity index (χ2n) is 4.47. The molecule has 1 rings (SSSR count). The van der Waals surface area contributed by atoms with E-state index >= 15 is 0 Å². The number of rotatable bonds is 7. The highest BCUT2D eigenvalue weighted by atomic mass is 14.6. The molecule has 88 valence electrons. The molecule has 1 aromatic rings. The van der Waals surface area contributed by atoms with Crippen LogP contribution in [0.1, 0.15) is 51.5 Å². The molecule has 1 heteroatoms.